The Morgan fingerprint density at radius 3 is 2.92 bits per heavy atom. The van der Waals surface area contributed by atoms with Crippen molar-refractivity contribution >= 4 is 11.7 Å². The highest BCUT2D eigenvalue weighted by Crippen LogP contribution is 2.27. The van der Waals surface area contributed by atoms with Gasteiger partial charge in [-0.25, -0.2) is 4.79 Å². The van der Waals surface area contributed by atoms with Crippen molar-refractivity contribution in [2.24, 2.45) is 0 Å². The molecule has 0 radical (unpaired) electrons. The lowest BCUT2D eigenvalue weighted by Gasteiger charge is -2.17. The molecule has 8 heteroatoms. The lowest BCUT2D eigenvalue weighted by molar-refractivity contribution is -0.116. The zero-order valence-electron chi connectivity index (χ0n) is 14.6. The van der Waals surface area contributed by atoms with Crippen molar-refractivity contribution < 1.29 is 19.4 Å². The molecule has 138 valence electrons. The van der Waals surface area contributed by atoms with Gasteiger partial charge in [-0.1, -0.05) is 6.58 Å². The largest absolute Gasteiger partial charge is 0.499 e. The van der Waals surface area contributed by atoms with Crippen LogP contribution in [0.4, 0.5) is 5.82 Å². The predicted octanol–water partition coefficient (Wildman–Crippen LogP) is 1.57. The maximum absolute atomic E-state index is 12.1. The summed E-state index contributed by atoms with van der Waals surface area (Å²) in [7, 11) is 0. The van der Waals surface area contributed by atoms with Crippen LogP contribution in [0.1, 0.15) is 45.8 Å². The smallest absolute Gasteiger partial charge is 0.351 e. The minimum atomic E-state index is -0.756. The Kier molecular flexibility index (Phi) is 6.72. The van der Waals surface area contributed by atoms with Crippen molar-refractivity contribution in [3.63, 3.8) is 0 Å². The van der Waals surface area contributed by atoms with Gasteiger partial charge in [-0.2, -0.15) is 4.98 Å². The van der Waals surface area contributed by atoms with Crippen LogP contribution in [0.3, 0.4) is 0 Å². The molecule has 8 nitrogen and oxygen atoms in total. The Balaban J connectivity index is 1.89. The van der Waals surface area contributed by atoms with Gasteiger partial charge in [-0.3, -0.25) is 9.36 Å². The summed E-state index contributed by atoms with van der Waals surface area (Å²) in [6, 6.07) is 1.51. The number of hydrogen-bond acceptors (Lipinski definition) is 6. The van der Waals surface area contributed by atoms with Crippen LogP contribution in [0.2, 0.25) is 0 Å². The van der Waals surface area contributed by atoms with Crippen LogP contribution in [-0.2, 0) is 14.3 Å². The first-order valence-corrected chi connectivity index (χ1v) is 8.43. The molecule has 1 aromatic heterocycles. The monoisotopic (exact) mass is 351 g/mol. The Morgan fingerprint density at radius 1 is 1.56 bits per heavy atom. The van der Waals surface area contributed by atoms with Crippen LogP contribution < -0.4 is 11.0 Å². The number of carbonyl (C=O) groups is 1. The first kappa shape index (κ1) is 19.1. The van der Waals surface area contributed by atoms with Crippen molar-refractivity contribution in [1.29, 1.82) is 0 Å². The molecule has 2 N–H and O–H groups in total. The van der Waals surface area contributed by atoms with Gasteiger partial charge in [0.1, 0.15) is 11.9 Å². The van der Waals surface area contributed by atoms with Crippen molar-refractivity contribution in [3.05, 3.63) is 35.1 Å². The van der Waals surface area contributed by atoms with Crippen LogP contribution in [0.15, 0.2) is 29.4 Å². The van der Waals surface area contributed by atoms with Gasteiger partial charge in [0.15, 0.2) is 6.23 Å². The van der Waals surface area contributed by atoms with Crippen LogP contribution in [0.5, 0.6) is 0 Å². The molecule has 25 heavy (non-hydrogen) atoms. The molecular weight excluding hydrogens is 326 g/mol. The van der Waals surface area contributed by atoms with Crippen LogP contribution in [-0.4, -0.2) is 39.4 Å². The van der Waals surface area contributed by atoms with E-state index in [9.17, 15) is 14.7 Å². The minimum absolute atomic E-state index is 0.127. The highest BCUT2D eigenvalue weighted by Gasteiger charge is 2.33. The zero-order chi connectivity index (χ0) is 18.4. The van der Waals surface area contributed by atoms with Gasteiger partial charge >= 0.3 is 5.69 Å². The summed E-state index contributed by atoms with van der Waals surface area (Å²) in [4.78, 5) is 27.9. The van der Waals surface area contributed by atoms with Gasteiger partial charge < -0.3 is 19.9 Å². The fourth-order valence-corrected chi connectivity index (χ4v) is 2.70. The SMILES string of the molecule is C=C(CCCC(=O)Nc1ccn(C2OC(C)CC2O)c(=O)n1)OCC. The Bertz CT molecular complexity index is 672. The molecule has 0 aromatic carbocycles. The summed E-state index contributed by atoms with van der Waals surface area (Å²) >= 11 is 0. The topological polar surface area (TPSA) is 103 Å². The number of aliphatic hydroxyl groups is 1. The minimum Gasteiger partial charge on any atom is -0.499 e. The van der Waals surface area contributed by atoms with Crippen molar-refractivity contribution in [2.45, 2.75) is 58.0 Å². The number of carbonyl (C=O) groups excluding carboxylic acids is 1. The maximum atomic E-state index is 12.1. The number of hydrogen-bond donors (Lipinski definition) is 2. The number of rotatable bonds is 8. The number of amides is 1. The van der Waals surface area contributed by atoms with Gasteiger partial charge in [0.25, 0.3) is 0 Å². The van der Waals surface area contributed by atoms with Gasteiger partial charge in [0.2, 0.25) is 5.91 Å². The maximum Gasteiger partial charge on any atom is 0.351 e. The first-order valence-electron chi connectivity index (χ1n) is 8.43. The normalized spacial score (nSPS) is 22.6. The van der Waals surface area contributed by atoms with E-state index in [1.807, 2.05) is 13.8 Å². The second kappa shape index (κ2) is 8.77. The molecule has 1 aliphatic rings. The van der Waals surface area contributed by atoms with E-state index < -0.39 is 18.0 Å². The van der Waals surface area contributed by atoms with Gasteiger partial charge in [0.05, 0.1) is 18.5 Å². The molecule has 3 unspecified atom stereocenters. The zero-order valence-corrected chi connectivity index (χ0v) is 14.6. The summed E-state index contributed by atoms with van der Waals surface area (Å²) in [5, 5.41) is 12.5. The lowest BCUT2D eigenvalue weighted by Crippen LogP contribution is -2.32. The van der Waals surface area contributed by atoms with Gasteiger partial charge in [-0.05, 0) is 26.3 Å². The number of ether oxygens (including phenoxy) is 2. The molecule has 0 bridgehead atoms. The molecule has 1 aliphatic heterocycles. The van der Waals surface area contributed by atoms with E-state index in [-0.39, 0.29) is 24.2 Å². The average molecular weight is 351 g/mol. The molecule has 1 amide bonds. The molecule has 0 spiro atoms. The van der Waals surface area contributed by atoms with E-state index in [0.717, 1.165) is 0 Å². The summed E-state index contributed by atoms with van der Waals surface area (Å²) in [5.74, 6) is 0.593. The third kappa shape index (κ3) is 5.40. The van der Waals surface area contributed by atoms with E-state index in [2.05, 4.69) is 16.9 Å². The molecule has 2 rings (SSSR count). The fourth-order valence-electron chi connectivity index (χ4n) is 2.70. The molecular formula is C17H25N3O5. The molecule has 1 aromatic rings. The van der Waals surface area contributed by atoms with Crippen molar-refractivity contribution in [3.8, 4) is 0 Å². The third-order valence-electron chi connectivity index (χ3n) is 3.85. The molecule has 0 aliphatic carbocycles. The second-order valence-electron chi connectivity index (χ2n) is 6.02. The third-order valence-corrected chi connectivity index (χ3v) is 3.85. The summed E-state index contributed by atoms with van der Waals surface area (Å²) in [5.41, 5.74) is -0.583. The van der Waals surface area contributed by atoms with Gasteiger partial charge in [0, 0.05) is 25.5 Å². The molecule has 0 saturated carbocycles. The molecule has 3 atom stereocenters. The number of nitrogens with zero attached hydrogens (tertiary/aromatic N) is 2. The standard InChI is InChI=1S/C17H25N3O5/c1-4-24-11(2)6-5-7-15(22)18-14-8-9-20(17(23)19-14)16-13(21)10-12(3)25-16/h8-9,12-13,16,21H,2,4-7,10H2,1,3H3,(H,18,19,22,23). The summed E-state index contributed by atoms with van der Waals surface area (Å²) in [6.45, 7) is 8.02. The van der Waals surface area contributed by atoms with Crippen LogP contribution in [0.25, 0.3) is 0 Å². The predicted molar refractivity (Wildman–Crippen MR) is 92.0 cm³/mol. The fraction of sp³-hybridized carbons (Fsp3) is 0.588. The van der Waals surface area contributed by atoms with E-state index in [0.29, 0.717) is 31.6 Å². The Labute approximate surface area is 146 Å². The number of allylic oxidation sites excluding steroid dienone is 1. The Morgan fingerprint density at radius 2 is 2.32 bits per heavy atom. The number of anilines is 1. The number of aromatic nitrogens is 2. The lowest BCUT2D eigenvalue weighted by atomic mass is 10.2. The highest BCUT2D eigenvalue weighted by molar-refractivity contribution is 5.89. The van der Waals surface area contributed by atoms with Crippen LogP contribution >= 0.6 is 0 Å². The van der Waals surface area contributed by atoms with Crippen LogP contribution in [0, 0.1) is 0 Å². The molecule has 2 heterocycles. The average Bonchev–Trinajstić information content (AvgIpc) is 2.86. The van der Waals surface area contributed by atoms with Crippen molar-refractivity contribution in [1.82, 2.24) is 9.55 Å². The number of aliphatic hydroxyl groups excluding tert-OH is 1. The van der Waals surface area contributed by atoms with Gasteiger partial charge in [-0.15, -0.1) is 0 Å². The number of nitrogens with one attached hydrogen (secondary N) is 1. The quantitative estimate of drug-likeness (QED) is 0.689. The highest BCUT2D eigenvalue weighted by atomic mass is 16.5. The van der Waals surface area contributed by atoms with E-state index >= 15 is 0 Å². The Hall–Kier alpha value is -2.19. The van der Waals surface area contributed by atoms with E-state index in [1.165, 1.54) is 16.8 Å². The molecule has 1 saturated heterocycles. The van der Waals surface area contributed by atoms with E-state index in [4.69, 9.17) is 9.47 Å². The second-order valence-corrected chi connectivity index (χ2v) is 6.02. The van der Waals surface area contributed by atoms with Crippen molar-refractivity contribution in [2.75, 3.05) is 11.9 Å². The molecule has 1 fully saturated rings. The van der Waals surface area contributed by atoms with E-state index in [1.54, 1.807) is 0 Å². The first-order chi connectivity index (χ1) is 11.9. The summed E-state index contributed by atoms with van der Waals surface area (Å²) < 4.78 is 12.0. The summed E-state index contributed by atoms with van der Waals surface area (Å²) in [6.07, 6.45) is 1.78.